The highest BCUT2D eigenvalue weighted by molar-refractivity contribution is 6.30. The molecule has 0 aliphatic heterocycles. The molecule has 21 heavy (non-hydrogen) atoms. The monoisotopic (exact) mass is 305 g/mol. The third-order valence-electron chi connectivity index (χ3n) is 3.98. The molecule has 5 nitrogen and oxygen atoms in total. The molecule has 6 heteroatoms. The molecule has 0 saturated heterocycles. The molecule has 1 aromatic heterocycles. The van der Waals surface area contributed by atoms with Gasteiger partial charge < -0.3 is 15.8 Å². The lowest BCUT2D eigenvalue weighted by Crippen LogP contribution is -2.37. The number of nitrogens with zero attached hydrogens (tertiary/aromatic N) is 1. The predicted molar refractivity (Wildman–Crippen MR) is 81.3 cm³/mol. The van der Waals surface area contributed by atoms with Crippen LogP contribution in [-0.2, 0) is 5.54 Å². The number of benzene rings is 1. The van der Waals surface area contributed by atoms with Crippen LogP contribution in [0.15, 0.2) is 29.1 Å². The second kappa shape index (κ2) is 5.16. The van der Waals surface area contributed by atoms with Gasteiger partial charge in [-0.05, 0) is 30.5 Å². The Morgan fingerprint density at radius 3 is 2.67 bits per heavy atom. The van der Waals surface area contributed by atoms with E-state index in [-0.39, 0.29) is 11.4 Å². The van der Waals surface area contributed by atoms with E-state index in [1.54, 1.807) is 24.3 Å². The van der Waals surface area contributed by atoms with Gasteiger partial charge in [-0.25, -0.2) is 0 Å². The molecule has 0 atom stereocenters. The normalized spacial score (nSPS) is 17.0. The van der Waals surface area contributed by atoms with Crippen molar-refractivity contribution >= 4 is 11.6 Å². The highest BCUT2D eigenvalue weighted by atomic mass is 35.5. The van der Waals surface area contributed by atoms with Crippen molar-refractivity contribution in [1.82, 2.24) is 9.97 Å². The van der Waals surface area contributed by atoms with Gasteiger partial charge in [-0.1, -0.05) is 36.6 Å². The van der Waals surface area contributed by atoms with E-state index in [4.69, 9.17) is 17.3 Å². The summed E-state index contributed by atoms with van der Waals surface area (Å²) in [6, 6.07) is 6.73. The summed E-state index contributed by atoms with van der Waals surface area (Å²) >= 11 is 5.92. The largest absolute Gasteiger partial charge is 0.493 e. The van der Waals surface area contributed by atoms with E-state index in [1.807, 2.05) is 0 Å². The molecule has 3 rings (SSSR count). The van der Waals surface area contributed by atoms with Gasteiger partial charge in [-0.3, -0.25) is 4.79 Å². The fraction of sp³-hybridized carbons (Fsp3) is 0.333. The highest BCUT2D eigenvalue weighted by Crippen LogP contribution is 2.35. The second-order valence-electron chi connectivity index (χ2n) is 5.49. The summed E-state index contributed by atoms with van der Waals surface area (Å²) in [5, 5.41) is 10.6. The molecule has 1 fully saturated rings. The third-order valence-corrected chi connectivity index (χ3v) is 4.22. The molecule has 0 bridgehead atoms. The van der Waals surface area contributed by atoms with Gasteiger partial charge in [0.2, 0.25) is 5.88 Å². The van der Waals surface area contributed by atoms with Crippen molar-refractivity contribution in [2.45, 2.75) is 31.2 Å². The molecule has 2 aromatic rings. The number of halogens is 1. The maximum atomic E-state index is 12.3. The Kier molecular flexibility index (Phi) is 3.47. The van der Waals surface area contributed by atoms with Crippen LogP contribution >= 0.6 is 11.6 Å². The topological polar surface area (TPSA) is 92.0 Å². The Hall–Kier alpha value is -1.85. The number of nitrogens with one attached hydrogen (secondary N) is 1. The Balaban J connectivity index is 2.11. The average molecular weight is 306 g/mol. The lowest BCUT2D eigenvalue weighted by Gasteiger charge is -2.22. The van der Waals surface area contributed by atoms with Gasteiger partial charge in [0.25, 0.3) is 5.56 Å². The van der Waals surface area contributed by atoms with Crippen molar-refractivity contribution < 1.29 is 5.11 Å². The van der Waals surface area contributed by atoms with E-state index in [9.17, 15) is 9.90 Å². The fourth-order valence-corrected chi connectivity index (χ4v) is 3.03. The number of aromatic nitrogens is 2. The number of H-pyrrole nitrogens is 1. The molecule has 1 heterocycles. The van der Waals surface area contributed by atoms with Gasteiger partial charge in [-0.2, -0.15) is 4.98 Å². The van der Waals surface area contributed by atoms with Crippen LogP contribution in [0.1, 0.15) is 31.5 Å². The van der Waals surface area contributed by atoms with Crippen LogP contribution < -0.4 is 11.3 Å². The summed E-state index contributed by atoms with van der Waals surface area (Å²) in [7, 11) is 0. The first-order valence-electron chi connectivity index (χ1n) is 6.88. The van der Waals surface area contributed by atoms with E-state index in [1.165, 1.54) is 0 Å². The smallest absolute Gasteiger partial charge is 0.262 e. The van der Waals surface area contributed by atoms with Crippen LogP contribution in [0, 0.1) is 0 Å². The van der Waals surface area contributed by atoms with E-state index in [0.29, 0.717) is 16.4 Å². The van der Waals surface area contributed by atoms with Crippen molar-refractivity contribution in [3.05, 3.63) is 45.5 Å². The Labute approximate surface area is 126 Å². The van der Waals surface area contributed by atoms with E-state index < -0.39 is 11.1 Å². The molecular formula is C15H16ClN3O2. The molecule has 1 saturated carbocycles. The summed E-state index contributed by atoms with van der Waals surface area (Å²) in [6.07, 6.45) is 3.51. The zero-order valence-corrected chi connectivity index (χ0v) is 12.2. The van der Waals surface area contributed by atoms with Crippen molar-refractivity contribution in [2.75, 3.05) is 0 Å². The minimum absolute atomic E-state index is 0.114. The molecule has 0 unspecified atom stereocenters. The highest BCUT2D eigenvalue weighted by Gasteiger charge is 2.34. The van der Waals surface area contributed by atoms with Crippen molar-refractivity contribution in [2.24, 2.45) is 5.73 Å². The van der Waals surface area contributed by atoms with Crippen LogP contribution in [-0.4, -0.2) is 15.1 Å². The lowest BCUT2D eigenvalue weighted by molar-refractivity contribution is 0.402. The Morgan fingerprint density at radius 1 is 1.33 bits per heavy atom. The van der Waals surface area contributed by atoms with Crippen molar-refractivity contribution in [3.63, 3.8) is 0 Å². The molecule has 0 spiro atoms. The molecule has 4 N–H and O–H groups in total. The molecule has 0 radical (unpaired) electrons. The maximum Gasteiger partial charge on any atom is 0.262 e. The van der Waals surface area contributed by atoms with Gasteiger partial charge in [0.05, 0.1) is 5.54 Å². The minimum Gasteiger partial charge on any atom is -0.493 e. The standard InChI is InChI=1S/C15H16ClN3O2/c16-10-5-3-4-9(8-10)11-12(20)18-14(19-13(11)21)15(17)6-1-2-7-15/h3-5,8H,1-2,6-7,17H2,(H2,18,19,20,21). The van der Waals surface area contributed by atoms with Gasteiger partial charge in [0.1, 0.15) is 11.4 Å². The van der Waals surface area contributed by atoms with E-state index in [0.717, 1.165) is 25.7 Å². The summed E-state index contributed by atoms with van der Waals surface area (Å²) in [5.74, 6) is 0.0426. The molecule has 1 aliphatic carbocycles. The van der Waals surface area contributed by atoms with Crippen LogP contribution in [0.5, 0.6) is 5.88 Å². The molecule has 1 aromatic carbocycles. The maximum absolute atomic E-state index is 12.3. The number of aromatic amines is 1. The number of rotatable bonds is 2. The summed E-state index contributed by atoms with van der Waals surface area (Å²) < 4.78 is 0. The van der Waals surface area contributed by atoms with Gasteiger partial charge in [0, 0.05) is 5.02 Å². The first kappa shape index (κ1) is 14.1. The van der Waals surface area contributed by atoms with Crippen LogP contribution in [0.3, 0.4) is 0 Å². The average Bonchev–Trinajstić information content (AvgIpc) is 2.86. The summed E-state index contributed by atoms with van der Waals surface area (Å²) in [5.41, 5.74) is 5.85. The number of nitrogens with two attached hydrogens (primary N) is 1. The van der Waals surface area contributed by atoms with E-state index in [2.05, 4.69) is 9.97 Å². The number of hydrogen-bond donors (Lipinski definition) is 3. The molecule has 0 amide bonds. The van der Waals surface area contributed by atoms with Crippen molar-refractivity contribution in [3.8, 4) is 17.0 Å². The first-order valence-corrected chi connectivity index (χ1v) is 7.26. The SMILES string of the molecule is NC1(c2nc(O)c(-c3cccc(Cl)c3)c(=O)[nH]2)CCCC1. The van der Waals surface area contributed by atoms with Gasteiger partial charge >= 0.3 is 0 Å². The molecule has 110 valence electrons. The summed E-state index contributed by atoms with van der Waals surface area (Å²) in [6.45, 7) is 0. The number of aromatic hydroxyl groups is 1. The lowest BCUT2D eigenvalue weighted by atomic mass is 9.98. The second-order valence-corrected chi connectivity index (χ2v) is 5.92. The zero-order valence-electron chi connectivity index (χ0n) is 11.4. The molecular weight excluding hydrogens is 290 g/mol. The quantitative estimate of drug-likeness (QED) is 0.795. The van der Waals surface area contributed by atoms with Gasteiger partial charge in [0.15, 0.2) is 0 Å². The van der Waals surface area contributed by atoms with Crippen LogP contribution in [0.25, 0.3) is 11.1 Å². The van der Waals surface area contributed by atoms with Crippen molar-refractivity contribution in [1.29, 1.82) is 0 Å². The fourth-order valence-electron chi connectivity index (χ4n) is 2.84. The molecule has 1 aliphatic rings. The number of hydrogen-bond acceptors (Lipinski definition) is 4. The zero-order chi connectivity index (χ0) is 15.0. The van der Waals surface area contributed by atoms with Crippen LogP contribution in [0.4, 0.5) is 0 Å². The summed E-state index contributed by atoms with van der Waals surface area (Å²) in [4.78, 5) is 19.2. The van der Waals surface area contributed by atoms with E-state index >= 15 is 0 Å². The minimum atomic E-state index is -0.649. The Morgan fingerprint density at radius 2 is 2.05 bits per heavy atom. The third kappa shape index (κ3) is 2.54. The first-order chi connectivity index (χ1) is 9.99. The van der Waals surface area contributed by atoms with Crippen LogP contribution in [0.2, 0.25) is 5.02 Å². The van der Waals surface area contributed by atoms with Gasteiger partial charge in [-0.15, -0.1) is 0 Å². The predicted octanol–water partition coefficient (Wildman–Crippen LogP) is 2.52. The Bertz CT molecular complexity index is 736.